The Morgan fingerprint density at radius 1 is 1.37 bits per heavy atom. The van der Waals surface area contributed by atoms with E-state index in [-0.39, 0.29) is 0 Å². The quantitative estimate of drug-likeness (QED) is 0.834. The molecule has 1 rings (SSSR count). The number of carbonyl (C=O) groups excluding carboxylic acids is 1. The summed E-state index contributed by atoms with van der Waals surface area (Å²) in [6.07, 6.45) is -0.718. The Bertz CT molecular complexity index is 406. The molecule has 0 radical (unpaired) electrons. The standard InChI is InChI=1S/C7H13NO4.C4H6N2O/c1-7(2,3)12-6(11)8-4-5(9)10;1-3-5-4(2)7-6-3/h4H2,1-3H3,(H,8,11)(H,9,10);1-2H3. The van der Waals surface area contributed by atoms with Crippen LogP contribution in [0.15, 0.2) is 4.52 Å². The van der Waals surface area contributed by atoms with Crippen LogP contribution < -0.4 is 5.32 Å². The minimum absolute atomic E-state index is 0.422. The van der Waals surface area contributed by atoms with E-state index in [1.165, 1.54) is 0 Å². The van der Waals surface area contributed by atoms with Gasteiger partial charge in [-0.25, -0.2) is 4.79 Å². The number of nitrogens with one attached hydrogen (secondary N) is 1. The Morgan fingerprint density at radius 2 is 1.95 bits per heavy atom. The van der Waals surface area contributed by atoms with E-state index in [1.54, 1.807) is 34.6 Å². The van der Waals surface area contributed by atoms with Crippen molar-refractivity contribution in [3.8, 4) is 0 Å². The van der Waals surface area contributed by atoms with Gasteiger partial charge in [0.05, 0.1) is 0 Å². The van der Waals surface area contributed by atoms with Gasteiger partial charge in [0.1, 0.15) is 12.1 Å². The van der Waals surface area contributed by atoms with Crippen LogP contribution in [0.2, 0.25) is 0 Å². The fourth-order valence-corrected chi connectivity index (χ4v) is 0.863. The lowest BCUT2D eigenvalue weighted by molar-refractivity contribution is -0.136. The van der Waals surface area contributed by atoms with Crippen LogP contribution in [0.5, 0.6) is 0 Å². The number of aromatic nitrogens is 2. The number of carbonyl (C=O) groups is 2. The second-order valence-corrected chi connectivity index (χ2v) is 4.61. The van der Waals surface area contributed by atoms with Crippen molar-refractivity contribution in [2.45, 2.75) is 40.2 Å². The third-order valence-electron chi connectivity index (χ3n) is 1.41. The maximum absolute atomic E-state index is 10.8. The van der Waals surface area contributed by atoms with Crippen LogP contribution in [0.4, 0.5) is 4.79 Å². The molecule has 0 fully saturated rings. The summed E-state index contributed by atoms with van der Waals surface area (Å²) in [6, 6.07) is 0. The first kappa shape index (κ1) is 16.9. The van der Waals surface area contributed by atoms with Crippen LogP contribution in [0.25, 0.3) is 0 Å². The number of hydrogen-bond acceptors (Lipinski definition) is 6. The highest BCUT2D eigenvalue weighted by molar-refractivity contribution is 5.76. The zero-order valence-electron chi connectivity index (χ0n) is 11.7. The number of carboxylic acid groups (broad SMARTS) is 1. The Kier molecular flexibility index (Phi) is 6.53. The molecule has 0 spiro atoms. The molecule has 0 saturated carbocycles. The predicted molar refractivity (Wildman–Crippen MR) is 65.6 cm³/mol. The van der Waals surface area contributed by atoms with Gasteiger partial charge in [0, 0.05) is 6.92 Å². The number of aryl methyl sites for hydroxylation is 2. The lowest BCUT2D eigenvalue weighted by Gasteiger charge is -2.19. The summed E-state index contributed by atoms with van der Waals surface area (Å²) in [5.74, 6) is 0.218. The molecule has 0 unspecified atom stereocenters. The van der Waals surface area contributed by atoms with Gasteiger partial charge in [-0.05, 0) is 27.7 Å². The molecule has 19 heavy (non-hydrogen) atoms. The SMILES string of the molecule is CC(C)(C)OC(=O)NCC(=O)O.Cc1noc(C)n1. The summed E-state index contributed by atoms with van der Waals surface area (Å²) in [5, 5.41) is 13.8. The molecule has 0 bridgehead atoms. The van der Waals surface area contributed by atoms with E-state index in [9.17, 15) is 9.59 Å². The van der Waals surface area contributed by atoms with Crippen molar-refractivity contribution >= 4 is 12.1 Å². The lowest BCUT2D eigenvalue weighted by Crippen LogP contribution is -2.35. The molecule has 1 aromatic heterocycles. The molecule has 0 aromatic carbocycles. The van der Waals surface area contributed by atoms with Gasteiger partial charge in [0.15, 0.2) is 5.82 Å². The molecular formula is C11H19N3O5. The summed E-state index contributed by atoms with van der Waals surface area (Å²) in [7, 11) is 0. The van der Waals surface area contributed by atoms with Crippen molar-refractivity contribution in [2.24, 2.45) is 0 Å². The molecule has 0 saturated heterocycles. The Labute approximate surface area is 111 Å². The van der Waals surface area contributed by atoms with E-state index in [0.717, 1.165) is 0 Å². The fraction of sp³-hybridized carbons (Fsp3) is 0.636. The first-order valence-corrected chi connectivity index (χ1v) is 5.55. The smallest absolute Gasteiger partial charge is 0.408 e. The zero-order chi connectivity index (χ0) is 15.1. The largest absolute Gasteiger partial charge is 0.480 e. The van der Waals surface area contributed by atoms with Crippen molar-refractivity contribution in [2.75, 3.05) is 6.54 Å². The number of nitrogens with zero attached hydrogens (tertiary/aromatic N) is 2. The summed E-state index contributed by atoms with van der Waals surface area (Å²) >= 11 is 0. The Morgan fingerprint density at radius 3 is 2.21 bits per heavy atom. The van der Waals surface area contributed by atoms with E-state index in [2.05, 4.69) is 20.0 Å². The van der Waals surface area contributed by atoms with Crippen LogP contribution >= 0.6 is 0 Å². The van der Waals surface area contributed by atoms with Gasteiger partial charge in [-0.3, -0.25) is 4.79 Å². The van der Waals surface area contributed by atoms with Gasteiger partial charge in [-0.15, -0.1) is 0 Å². The summed E-state index contributed by atoms with van der Waals surface area (Å²) in [6.45, 7) is 8.24. The van der Waals surface area contributed by atoms with Crippen molar-refractivity contribution in [3.05, 3.63) is 11.7 Å². The van der Waals surface area contributed by atoms with Gasteiger partial charge in [0.2, 0.25) is 5.89 Å². The van der Waals surface area contributed by atoms with Crippen molar-refractivity contribution < 1.29 is 24.0 Å². The summed E-state index contributed by atoms with van der Waals surface area (Å²) < 4.78 is 9.38. The second kappa shape index (κ2) is 7.34. The second-order valence-electron chi connectivity index (χ2n) is 4.61. The maximum atomic E-state index is 10.8. The highest BCUT2D eigenvalue weighted by Gasteiger charge is 2.16. The Balaban J connectivity index is 0.000000388. The molecule has 0 aliphatic rings. The lowest BCUT2D eigenvalue weighted by atomic mass is 10.2. The first-order chi connectivity index (χ1) is 8.60. The van der Waals surface area contributed by atoms with Crippen LogP contribution in [0.3, 0.4) is 0 Å². The molecule has 1 aromatic rings. The van der Waals surface area contributed by atoms with Gasteiger partial charge in [0.25, 0.3) is 0 Å². The first-order valence-electron chi connectivity index (χ1n) is 5.55. The van der Waals surface area contributed by atoms with Gasteiger partial charge >= 0.3 is 12.1 Å². The van der Waals surface area contributed by atoms with Crippen molar-refractivity contribution in [1.82, 2.24) is 15.5 Å². The summed E-state index contributed by atoms with van der Waals surface area (Å²) in [5.41, 5.74) is -0.595. The maximum Gasteiger partial charge on any atom is 0.408 e. The number of rotatable bonds is 2. The third-order valence-corrected chi connectivity index (χ3v) is 1.41. The van der Waals surface area contributed by atoms with Gasteiger partial charge in [-0.1, -0.05) is 5.16 Å². The molecular weight excluding hydrogens is 254 g/mol. The van der Waals surface area contributed by atoms with E-state index in [4.69, 9.17) is 9.84 Å². The van der Waals surface area contributed by atoms with Gasteiger partial charge < -0.3 is 19.7 Å². The average molecular weight is 273 g/mol. The molecule has 0 aliphatic heterocycles. The number of carboxylic acids is 1. The van der Waals surface area contributed by atoms with E-state index >= 15 is 0 Å². The van der Waals surface area contributed by atoms with Crippen molar-refractivity contribution in [3.63, 3.8) is 0 Å². The van der Waals surface area contributed by atoms with Crippen LogP contribution in [-0.2, 0) is 9.53 Å². The molecule has 0 aliphatic carbocycles. The molecule has 1 amide bonds. The number of alkyl carbamates (subject to hydrolysis) is 1. The molecule has 8 heteroatoms. The van der Waals surface area contributed by atoms with E-state index in [1.807, 2.05) is 0 Å². The molecule has 2 N–H and O–H groups in total. The average Bonchev–Trinajstić information content (AvgIpc) is 2.58. The zero-order valence-corrected chi connectivity index (χ0v) is 11.7. The predicted octanol–water partition coefficient (Wildman–Crippen LogP) is 1.28. The number of hydrogen-bond donors (Lipinski definition) is 2. The van der Waals surface area contributed by atoms with Crippen LogP contribution in [0.1, 0.15) is 32.5 Å². The summed E-state index contributed by atoms with van der Waals surface area (Å²) in [4.78, 5) is 24.6. The number of amides is 1. The third kappa shape index (κ3) is 10.7. The highest BCUT2D eigenvalue weighted by atomic mass is 16.6. The topological polar surface area (TPSA) is 115 Å². The van der Waals surface area contributed by atoms with Crippen LogP contribution in [-0.4, -0.2) is 39.5 Å². The fourth-order valence-electron chi connectivity index (χ4n) is 0.863. The monoisotopic (exact) mass is 273 g/mol. The molecule has 8 nitrogen and oxygen atoms in total. The number of aliphatic carboxylic acids is 1. The van der Waals surface area contributed by atoms with Gasteiger partial charge in [-0.2, -0.15) is 4.98 Å². The van der Waals surface area contributed by atoms with E-state index < -0.39 is 24.2 Å². The molecule has 108 valence electrons. The highest BCUT2D eigenvalue weighted by Crippen LogP contribution is 2.05. The molecule has 1 heterocycles. The van der Waals surface area contributed by atoms with E-state index in [0.29, 0.717) is 11.7 Å². The minimum atomic E-state index is -1.10. The van der Waals surface area contributed by atoms with Crippen molar-refractivity contribution in [1.29, 1.82) is 0 Å². The minimum Gasteiger partial charge on any atom is -0.480 e. The Hall–Kier alpha value is -2.12. The number of ether oxygens (including phenoxy) is 1. The normalized spacial score (nSPS) is 10.2. The van der Waals surface area contributed by atoms with Crippen LogP contribution in [0, 0.1) is 13.8 Å². The molecule has 0 atom stereocenters.